The molecular formula is C18H25N5O2. The van der Waals surface area contributed by atoms with Crippen molar-refractivity contribution in [1.29, 1.82) is 0 Å². The van der Waals surface area contributed by atoms with Crippen LogP contribution in [0.2, 0.25) is 0 Å². The van der Waals surface area contributed by atoms with Crippen molar-refractivity contribution in [2.45, 2.75) is 46.6 Å². The molecule has 25 heavy (non-hydrogen) atoms. The Balaban J connectivity index is 2.03. The van der Waals surface area contributed by atoms with Crippen molar-refractivity contribution < 1.29 is 9.53 Å². The van der Waals surface area contributed by atoms with Crippen molar-refractivity contribution in [3.05, 3.63) is 35.7 Å². The van der Waals surface area contributed by atoms with Gasteiger partial charge in [-0.05, 0) is 30.4 Å². The van der Waals surface area contributed by atoms with Crippen LogP contribution >= 0.6 is 0 Å². The van der Waals surface area contributed by atoms with Crippen molar-refractivity contribution in [2.24, 2.45) is 5.92 Å². The van der Waals surface area contributed by atoms with E-state index in [9.17, 15) is 4.79 Å². The van der Waals surface area contributed by atoms with E-state index in [1.54, 1.807) is 0 Å². The summed E-state index contributed by atoms with van der Waals surface area (Å²) in [5.41, 5.74) is 7.80. The zero-order chi connectivity index (χ0) is 18.2. The van der Waals surface area contributed by atoms with E-state index in [1.807, 2.05) is 24.3 Å². The number of anilines is 3. The summed E-state index contributed by atoms with van der Waals surface area (Å²) in [6, 6.07) is 7.89. The molecule has 0 aliphatic heterocycles. The second kappa shape index (κ2) is 8.96. The third kappa shape index (κ3) is 6.02. The molecule has 0 aliphatic rings. The number of nitrogens with two attached hydrogens (primary N) is 1. The van der Waals surface area contributed by atoms with Gasteiger partial charge in [-0.25, -0.2) is 0 Å². The van der Waals surface area contributed by atoms with E-state index < -0.39 is 0 Å². The highest BCUT2D eigenvalue weighted by Gasteiger charge is 2.10. The predicted molar refractivity (Wildman–Crippen MR) is 97.2 cm³/mol. The van der Waals surface area contributed by atoms with E-state index in [4.69, 9.17) is 10.5 Å². The summed E-state index contributed by atoms with van der Waals surface area (Å²) in [4.78, 5) is 24.1. The smallest absolute Gasteiger partial charge is 0.306 e. The molecule has 0 atom stereocenters. The molecule has 0 saturated carbocycles. The lowest BCUT2D eigenvalue weighted by Gasteiger charge is -2.11. The van der Waals surface area contributed by atoms with Gasteiger partial charge in [0.2, 0.25) is 11.9 Å². The molecule has 0 unspecified atom stereocenters. The normalized spacial score (nSPS) is 10.7. The van der Waals surface area contributed by atoms with Crippen LogP contribution in [0.15, 0.2) is 24.3 Å². The lowest BCUT2D eigenvalue weighted by molar-refractivity contribution is -0.145. The Hall–Kier alpha value is -2.70. The number of nitrogen functional groups attached to an aromatic ring is 1. The standard InChI is InChI=1S/C18H25N5O2/c1-4-13-7-5-6-8-14(13)20-18-22-15(21-17(19)23-18)11-25-16(24)10-9-12(2)3/h5-8,12H,4,9-11H2,1-3H3,(H3,19,20,21,22,23). The first-order chi connectivity index (χ1) is 12.0. The van der Waals surface area contributed by atoms with Crippen LogP contribution in [0.25, 0.3) is 0 Å². The van der Waals surface area contributed by atoms with Gasteiger partial charge < -0.3 is 15.8 Å². The maximum atomic E-state index is 11.7. The van der Waals surface area contributed by atoms with Crippen LogP contribution in [0.1, 0.15) is 45.0 Å². The van der Waals surface area contributed by atoms with Gasteiger partial charge in [0.05, 0.1) is 0 Å². The largest absolute Gasteiger partial charge is 0.457 e. The molecule has 134 valence electrons. The van der Waals surface area contributed by atoms with Crippen molar-refractivity contribution >= 4 is 23.6 Å². The Kier molecular flexibility index (Phi) is 6.68. The SMILES string of the molecule is CCc1ccccc1Nc1nc(N)nc(COC(=O)CCC(C)C)n1. The topological polar surface area (TPSA) is 103 Å². The molecular weight excluding hydrogens is 318 g/mol. The van der Waals surface area contributed by atoms with Crippen LogP contribution in [0.4, 0.5) is 17.6 Å². The molecule has 0 saturated heterocycles. The van der Waals surface area contributed by atoms with Crippen molar-refractivity contribution in [3.8, 4) is 0 Å². The summed E-state index contributed by atoms with van der Waals surface area (Å²) < 4.78 is 5.21. The van der Waals surface area contributed by atoms with Gasteiger partial charge in [-0.3, -0.25) is 4.79 Å². The van der Waals surface area contributed by atoms with Crippen molar-refractivity contribution in [3.63, 3.8) is 0 Å². The van der Waals surface area contributed by atoms with Gasteiger partial charge in [0.25, 0.3) is 0 Å². The van der Waals surface area contributed by atoms with Crippen LogP contribution in [0.5, 0.6) is 0 Å². The maximum absolute atomic E-state index is 11.7. The first-order valence-corrected chi connectivity index (χ1v) is 8.49. The number of ether oxygens (including phenoxy) is 1. The number of esters is 1. The zero-order valence-corrected chi connectivity index (χ0v) is 15.0. The number of nitrogens with one attached hydrogen (secondary N) is 1. The average molecular weight is 343 g/mol. The molecule has 1 aromatic heterocycles. The van der Waals surface area contributed by atoms with E-state index in [-0.39, 0.29) is 18.5 Å². The molecule has 7 nitrogen and oxygen atoms in total. The highest BCUT2D eigenvalue weighted by atomic mass is 16.5. The lowest BCUT2D eigenvalue weighted by Crippen LogP contribution is -2.11. The molecule has 1 heterocycles. The van der Waals surface area contributed by atoms with E-state index in [0.29, 0.717) is 24.1 Å². The Morgan fingerprint density at radius 3 is 2.72 bits per heavy atom. The highest BCUT2D eigenvalue weighted by Crippen LogP contribution is 2.19. The number of hydrogen-bond acceptors (Lipinski definition) is 7. The number of carbonyl (C=O) groups excluding carboxylic acids is 1. The fraction of sp³-hybridized carbons (Fsp3) is 0.444. The predicted octanol–water partition coefficient (Wildman–Crippen LogP) is 3.24. The molecule has 0 amide bonds. The maximum Gasteiger partial charge on any atom is 0.306 e. The number of nitrogens with zero attached hydrogens (tertiary/aromatic N) is 3. The first-order valence-electron chi connectivity index (χ1n) is 8.49. The molecule has 0 radical (unpaired) electrons. The Bertz CT molecular complexity index is 718. The van der Waals surface area contributed by atoms with Crippen molar-refractivity contribution in [2.75, 3.05) is 11.1 Å². The van der Waals surface area contributed by atoms with Crippen LogP contribution < -0.4 is 11.1 Å². The summed E-state index contributed by atoms with van der Waals surface area (Å²) in [5.74, 6) is 0.927. The van der Waals surface area contributed by atoms with Gasteiger partial charge >= 0.3 is 5.97 Å². The van der Waals surface area contributed by atoms with Crippen LogP contribution in [0.3, 0.4) is 0 Å². The molecule has 0 fully saturated rings. The molecule has 2 rings (SSSR count). The fourth-order valence-corrected chi connectivity index (χ4v) is 2.25. The van der Waals surface area contributed by atoms with Gasteiger partial charge in [-0.1, -0.05) is 39.0 Å². The second-order valence-electron chi connectivity index (χ2n) is 6.16. The van der Waals surface area contributed by atoms with Gasteiger partial charge in [0, 0.05) is 12.1 Å². The summed E-state index contributed by atoms with van der Waals surface area (Å²) in [7, 11) is 0. The molecule has 1 aromatic carbocycles. The minimum atomic E-state index is -0.265. The van der Waals surface area contributed by atoms with E-state index in [2.05, 4.69) is 41.0 Å². The van der Waals surface area contributed by atoms with Crippen LogP contribution in [-0.2, 0) is 22.6 Å². The third-order valence-corrected chi connectivity index (χ3v) is 3.63. The molecule has 0 bridgehead atoms. The van der Waals surface area contributed by atoms with E-state index >= 15 is 0 Å². The fourth-order valence-electron chi connectivity index (χ4n) is 2.25. The summed E-state index contributed by atoms with van der Waals surface area (Å²) in [6.45, 7) is 6.18. The quantitative estimate of drug-likeness (QED) is 0.709. The Morgan fingerprint density at radius 1 is 1.24 bits per heavy atom. The highest BCUT2D eigenvalue weighted by molar-refractivity contribution is 5.69. The van der Waals surface area contributed by atoms with Crippen LogP contribution in [-0.4, -0.2) is 20.9 Å². The molecule has 3 N–H and O–H groups in total. The number of benzene rings is 1. The monoisotopic (exact) mass is 343 g/mol. The minimum Gasteiger partial charge on any atom is -0.457 e. The minimum absolute atomic E-state index is 0.0201. The number of hydrogen-bond donors (Lipinski definition) is 2. The molecule has 2 aromatic rings. The average Bonchev–Trinajstić information content (AvgIpc) is 2.58. The van der Waals surface area contributed by atoms with E-state index in [1.165, 1.54) is 0 Å². The van der Waals surface area contributed by atoms with Gasteiger partial charge in [-0.15, -0.1) is 0 Å². The van der Waals surface area contributed by atoms with Crippen molar-refractivity contribution in [1.82, 2.24) is 15.0 Å². The molecule has 0 aliphatic carbocycles. The summed E-state index contributed by atoms with van der Waals surface area (Å²) in [6.07, 6.45) is 2.05. The molecule has 0 spiro atoms. The number of aromatic nitrogens is 3. The summed E-state index contributed by atoms with van der Waals surface area (Å²) >= 11 is 0. The zero-order valence-electron chi connectivity index (χ0n) is 15.0. The van der Waals surface area contributed by atoms with E-state index in [0.717, 1.165) is 24.1 Å². The van der Waals surface area contributed by atoms with Gasteiger partial charge in [-0.2, -0.15) is 15.0 Å². The lowest BCUT2D eigenvalue weighted by atomic mass is 10.1. The number of rotatable bonds is 8. The Labute approximate surface area is 148 Å². The number of aryl methyl sites for hydroxylation is 1. The first kappa shape index (κ1) is 18.6. The third-order valence-electron chi connectivity index (χ3n) is 3.63. The molecule has 7 heteroatoms. The number of para-hydroxylation sites is 1. The van der Waals surface area contributed by atoms with Gasteiger partial charge in [0.1, 0.15) is 0 Å². The second-order valence-corrected chi connectivity index (χ2v) is 6.16. The van der Waals surface area contributed by atoms with Gasteiger partial charge in [0.15, 0.2) is 12.4 Å². The number of carbonyl (C=O) groups is 1. The Morgan fingerprint density at radius 2 is 2.00 bits per heavy atom. The van der Waals surface area contributed by atoms with Crippen LogP contribution in [0, 0.1) is 5.92 Å². The summed E-state index contributed by atoms with van der Waals surface area (Å²) in [5, 5.41) is 3.15.